The Hall–Kier alpha value is -3.87. The third kappa shape index (κ3) is 4.46. The highest BCUT2D eigenvalue weighted by molar-refractivity contribution is 6.02. The first-order chi connectivity index (χ1) is 16.6. The van der Waals surface area contributed by atoms with E-state index in [0.29, 0.717) is 28.9 Å². The molecule has 5 rings (SSSR count). The highest BCUT2D eigenvalue weighted by Gasteiger charge is 2.25. The van der Waals surface area contributed by atoms with E-state index in [9.17, 15) is 9.18 Å². The summed E-state index contributed by atoms with van der Waals surface area (Å²) in [4.78, 5) is 17.5. The van der Waals surface area contributed by atoms with Crippen LogP contribution in [0.5, 0.6) is 5.75 Å². The lowest BCUT2D eigenvalue weighted by Gasteiger charge is -2.24. The Bertz CT molecular complexity index is 1290. The van der Waals surface area contributed by atoms with Crippen molar-refractivity contribution < 1.29 is 18.3 Å². The quantitative estimate of drug-likeness (QED) is 0.348. The molecule has 2 aromatic carbocycles. The minimum Gasteiger partial charge on any atom is -0.497 e. The first kappa shape index (κ1) is 21.9. The van der Waals surface area contributed by atoms with Gasteiger partial charge in [-0.25, -0.2) is 9.37 Å². The van der Waals surface area contributed by atoms with Crippen LogP contribution in [0.15, 0.2) is 71.4 Å². The summed E-state index contributed by atoms with van der Waals surface area (Å²) >= 11 is 0. The Morgan fingerprint density at radius 2 is 1.88 bits per heavy atom. The van der Waals surface area contributed by atoms with Crippen LogP contribution in [-0.2, 0) is 0 Å². The van der Waals surface area contributed by atoms with Crippen molar-refractivity contribution in [1.29, 1.82) is 0 Å². The monoisotopic (exact) mass is 459 g/mol. The number of nitrogens with zero attached hydrogens (tertiary/aromatic N) is 2. The standard InChI is InChI=1S/C27H26FN3O3/c1-33-22-9-5-6-20(16-22)30-27(32)24-15-14-23(34-24)26-25(18-10-12-19(28)13-11-18)29-17-31(26)21-7-3-2-4-8-21/h5-6,9-17,21H,2-4,7-8H2,1H3,(H,30,32). The third-order valence-electron chi connectivity index (χ3n) is 6.27. The van der Waals surface area contributed by atoms with Gasteiger partial charge in [-0.05, 0) is 61.4 Å². The van der Waals surface area contributed by atoms with Gasteiger partial charge >= 0.3 is 0 Å². The van der Waals surface area contributed by atoms with Crippen LogP contribution >= 0.6 is 0 Å². The van der Waals surface area contributed by atoms with Crippen LogP contribution in [0, 0.1) is 5.82 Å². The van der Waals surface area contributed by atoms with Gasteiger partial charge in [-0.15, -0.1) is 0 Å². The number of rotatable bonds is 6. The van der Waals surface area contributed by atoms with Crippen molar-refractivity contribution in [2.75, 3.05) is 12.4 Å². The normalized spacial score (nSPS) is 14.2. The fourth-order valence-corrected chi connectivity index (χ4v) is 4.54. The van der Waals surface area contributed by atoms with Crippen LogP contribution in [-0.4, -0.2) is 22.6 Å². The number of carbonyl (C=O) groups is 1. The number of aromatic nitrogens is 2. The lowest BCUT2D eigenvalue weighted by Crippen LogP contribution is -2.13. The first-order valence-corrected chi connectivity index (χ1v) is 11.5. The van der Waals surface area contributed by atoms with Crippen molar-refractivity contribution in [3.63, 3.8) is 0 Å². The van der Waals surface area contributed by atoms with Gasteiger partial charge in [0.1, 0.15) is 17.3 Å². The summed E-state index contributed by atoms with van der Waals surface area (Å²) in [5.74, 6) is 0.744. The number of hydrogen-bond acceptors (Lipinski definition) is 4. The molecule has 0 unspecified atom stereocenters. The number of hydrogen-bond donors (Lipinski definition) is 1. The van der Waals surface area contributed by atoms with Gasteiger partial charge in [-0.3, -0.25) is 4.79 Å². The molecule has 1 aliphatic carbocycles. The number of ether oxygens (including phenoxy) is 1. The molecule has 0 aliphatic heterocycles. The highest BCUT2D eigenvalue weighted by atomic mass is 19.1. The average molecular weight is 460 g/mol. The average Bonchev–Trinajstić information content (AvgIpc) is 3.53. The van der Waals surface area contributed by atoms with E-state index in [1.165, 1.54) is 31.4 Å². The topological polar surface area (TPSA) is 69.3 Å². The maximum absolute atomic E-state index is 13.5. The minimum absolute atomic E-state index is 0.194. The van der Waals surface area contributed by atoms with Crippen molar-refractivity contribution >= 4 is 11.6 Å². The van der Waals surface area contributed by atoms with Gasteiger partial charge in [0.25, 0.3) is 5.91 Å². The summed E-state index contributed by atoms with van der Waals surface area (Å²) in [7, 11) is 1.58. The number of furan rings is 1. The molecular weight excluding hydrogens is 433 g/mol. The second-order valence-electron chi connectivity index (χ2n) is 8.50. The van der Waals surface area contributed by atoms with Gasteiger partial charge < -0.3 is 19.0 Å². The number of carbonyl (C=O) groups excluding carboxylic acids is 1. The molecule has 1 fully saturated rings. The molecule has 1 N–H and O–H groups in total. The fraction of sp³-hybridized carbons (Fsp3) is 0.259. The van der Waals surface area contributed by atoms with Gasteiger partial charge in [-0.2, -0.15) is 0 Å². The Morgan fingerprint density at radius 1 is 1.09 bits per heavy atom. The molecule has 7 heteroatoms. The van der Waals surface area contributed by atoms with E-state index < -0.39 is 0 Å². The Morgan fingerprint density at radius 3 is 2.65 bits per heavy atom. The summed E-state index contributed by atoms with van der Waals surface area (Å²) < 4.78 is 27.0. The maximum atomic E-state index is 13.5. The molecule has 0 radical (unpaired) electrons. The fourth-order valence-electron chi connectivity index (χ4n) is 4.54. The number of methoxy groups -OCH3 is 1. The maximum Gasteiger partial charge on any atom is 0.291 e. The second kappa shape index (κ2) is 9.55. The minimum atomic E-state index is -0.355. The summed E-state index contributed by atoms with van der Waals surface area (Å²) in [6, 6.07) is 17.2. The highest BCUT2D eigenvalue weighted by Crippen LogP contribution is 2.38. The third-order valence-corrected chi connectivity index (χ3v) is 6.27. The molecule has 0 atom stereocenters. The molecule has 6 nitrogen and oxygen atoms in total. The van der Waals surface area contributed by atoms with Crippen molar-refractivity contribution in [3.8, 4) is 28.5 Å². The molecule has 1 aliphatic rings. The van der Waals surface area contributed by atoms with Crippen molar-refractivity contribution in [2.45, 2.75) is 38.1 Å². The zero-order valence-corrected chi connectivity index (χ0v) is 19.0. The summed E-state index contributed by atoms with van der Waals surface area (Å²) in [5.41, 5.74) is 2.92. The van der Waals surface area contributed by atoms with E-state index in [-0.39, 0.29) is 17.5 Å². The molecule has 2 aromatic heterocycles. The summed E-state index contributed by atoms with van der Waals surface area (Å²) in [6.07, 6.45) is 7.54. The van der Waals surface area contributed by atoms with Crippen LogP contribution in [0.2, 0.25) is 0 Å². The van der Waals surface area contributed by atoms with Gasteiger partial charge in [0, 0.05) is 23.4 Å². The molecular formula is C27H26FN3O3. The van der Waals surface area contributed by atoms with Gasteiger partial charge in [0.2, 0.25) is 0 Å². The van der Waals surface area contributed by atoms with Crippen LogP contribution in [0.4, 0.5) is 10.1 Å². The summed E-state index contributed by atoms with van der Waals surface area (Å²) in [6.45, 7) is 0. The molecule has 34 heavy (non-hydrogen) atoms. The number of halogens is 1. The van der Waals surface area contributed by atoms with E-state index in [1.807, 2.05) is 12.4 Å². The number of anilines is 1. The molecule has 0 bridgehead atoms. The molecule has 2 heterocycles. The first-order valence-electron chi connectivity index (χ1n) is 11.5. The summed E-state index contributed by atoms with van der Waals surface area (Å²) in [5, 5.41) is 2.85. The number of imidazole rings is 1. The molecule has 1 saturated carbocycles. The van der Waals surface area contributed by atoms with Crippen LogP contribution in [0.3, 0.4) is 0 Å². The molecule has 174 valence electrons. The van der Waals surface area contributed by atoms with Crippen LogP contribution in [0.1, 0.15) is 48.7 Å². The Balaban J connectivity index is 1.49. The van der Waals surface area contributed by atoms with E-state index in [4.69, 9.17) is 9.15 Å². The smallest absolute Gasteiger partial charge is 0.291 e. The van der Waals surface area contributed by atoms with Gasteiger partial charge in [-0.1, -0.05) is 25.3 Å². The zero-order valence-electron chi connectivity index (χ0n) is 19.0. The van der Waals surface area contributed by atoms with E-state index in [1.54, 1.807) is 49.6 Å². The number of nitrogens with one attached hydrogen (secondary N) is 1. The second-order valence-corrected chi connectivity index (χ2v) is 8.50. The van der Waals surface area contributed by atoms with E-state index >= 15 is 0 Å². The predicted octanol–water partition coefficient (Wildman–Crippen LogP) is 6.72. The molecule has 0 saturated heterocycles. The van der Waals surface area contributed by atoms with Crippen molar-refractivity contribution in [2.24, 2.45) is 0 Å². The SMILES string of the molecule is COc1cccc(NC(=O)c2ccc(-c3c(-c4ccc(F)cc4)ncn3C3CCCCC3)o2)c1. The number of benzene rings is 2. The van der Waals surface area contributed by atoms with E-state index in [2.05, 4.69) is 14.9 Å². The predicted molar refractivity (Wildman–Crippen MR) is 128 cm³/mol. The Labute approximate surface area is 197 Å². The van der Waals surface area contributed by atoms with Gasteiger partial charge in [0.05, 0.1) is 19.1 Å². The Kier molecular flexibility index (Phi) is 6.16. The van der Waals surface area contributed by atoms with Crippen LogP contribution in [0.25, 0.3) is 22.7 Å². The molecule has 0 spiro atoms. The van der Waals surface area contributed by atoms with Gasteiger partial charge in [0.15, 0.2) is 11.5 Å². The zero-order chi connectivity index (χ0) is 23.5. The largest absolute Gasteiger partial charge is 0.497 e. The van der Waals surface area contributed by atoms with Crippen molar-refractivity contribution in [3.05, 3.63) is 78.6 Å². The van der Waals surface area contributed by atoms with Crippen LogP contribution < -0.4 is 10.1 Å². The molecule has 1 amide bonds. The number of amides is 1. The lowest BCUT2D eigenvalue weighted by atomic mass is 9.95. The van der Waals surface area contributed by atoms with Crippen molar-refractivity contribution in [1.82, 2.24) is 9.55 Å². The van der Waals surface area contributed by atoms with E-state index in [0.717, 1.165) is 24.1 Å². The lowest BCUT2D eigenvalue weighted by molar-refractivity contribution is 0.0997. The molecule has 4 aromatic rings.